The van der Waals surface area contributed by atoms with Gasteiger partial charge in [0.05, 0.1) is 28.5 Å². The largest absolute Gasteiger partial charge is 0.478 e. The smallest absolute Gasteiger partial charge is 0.335 e. The topological polar surface area (TPSA) is 88.3 Å². The standard InChI is InChI=1S/C23H14Cl2F2N4O3/c1-30(22(32)20-17(25)3-2-4-18(20)27)21-19(31-11-14(26)10-29-31)8-13(9-28-21)15-7-12(23(33)34)5-6-16(15)24/h2-11H,1H3,(H,33,34)/i1D3. The number of halogens is 4. The van der Waals surface area contributed by atoms with E-state index in [0.717, 1.165) is 29.3 Å². The molecular formula is C23H14Cl2F2N4O3. The second-order valence-corrected chi connectivity index (χ2v) is 7.72. The number of aromatic carboxylic acids is 1. The lowest BCUT2D eigenvalue weighted by atomic mass is 10.0. The molecule has 0 bridgehead atoms. The van der Waals surface area contributed by atoms with Crippen molar-refractivity contribution in [1.82, 2.24) is 14.8 Å². The number of hydrogen-bond acceptors (Lipinski definition) is 4. The molecule has 0 fully saturated rings. The number of carboxylic acid groups (broad SMARTS) is 1. The number of amides is 1. The van der Waals surface area contributed by atoms with E-state index in [0.29, 0.717) is 0 Å². The van der Waals surface area contributed by atoms with E-state index in [2.05, 4.69) is 10.1 Å². The van der Waals surface area contributed by atoms with Crippen LogP contribution in [0.1, 0.15) is 24.8 Å². The van der Waals surface area contributed by atoms with Crippen LogP contribution in [-0.4, -0.2) is 38.7 Å². The lowest BCUT2D eigenvalue weighted by Crippen LogP contribution is -2.29. The minimum atomic E-state index is -3.20. The van der Waals surface area contributed by atoms with Gasteiger partial charge in [0, 0.05) is 33.4 Å². The zero-order valence-electron chi connectivity index (χ0n) is 19.8. The molecule has 0 unspecified atom stereocenters. The lowest BCUT2D eigenvalue weighted by Gasteiger charge is -2.21. The number of nitrogens with zero attached hydrogens (tertiary/aromatic N) is 4. The quantitative estimate of drug-likeness (QED) is 0.387. The number of carbonyl (C=O) groups is 2. The highest BCUT2D eigenvalue weighted by molar-refractivity contribution is 6.34. The molecule has 0 saturated carbocycles. The number of hydrogen-bond donors (Lipinski definition) is 1. The summed E-state index contributed by atoms with van der Waals surface area (Å²) in [6.07, 6.45) is 2.88. The van der Waals surface area contributed by atoms with Crippen molar-refractivity contribution >= 4 is 40.9 Å². The Kier molecular flexibility index (Phi) is 5.31. The van der Waals surface area contributed by atoms with Crippen molar-refractivity contribution in [2.45, 2.75) is 0 Å². The maximum Gasteiger partial charge on any atom is 0.335 e. The highest BCUT2D eigenvalue weighted by Gasteiger charge is 2.25. The Morgan fingerprint density at radius 1 is 1.12 bits per heavy atom. The molecule has 2 aromatic heterocycles. The average Bonchev–Trinajstić information content (AvgIpc) is 3.24. The third-order valence-corrected chi connectivity index (χ3v) is 5.41. The van der Waals surface area contributed by atoms with E-state index in [-0.39, 0.29) is 37.3 Å². The van der Waals surface area contributed by atoms with Gasteiger partial charge in [0.25, 0.3) is 5.91 Å². The second kappa shape index (κ2) is 9.20. The maximum atomic E-state index is 14.6. The summed E-state index contributed by atoms with van der Waals surface area (Å²) in [4.78, 5) is 29.2. The Hall–Kier alpha value is -3.82. The third kappa shape index (κ3) is 4.35. The second-order valence-electron chi connectivity index (χ2n) is 6.91. The van der Waals surface area contributed by atoms with Crippen LogP contribution in [0.4, 0.5) is 14.6 Å². The Balaban J connectivity index is 1.97. The zero-order valence-corrected chi connectivity index (χ0v) is 18.3. The molecule has 0 saturated heterocycles. The van der Waals surface area contributed by atoms with E-state index >= 15 is 0 Å². The highest BCUT2D eigenvalue weighted by Crippen LogP contribution is 2.33. The van der Waals surface area contributed by atoms with Crippen molar-refractivity contribution in [3.63, 3.8) is 0 Å². The molecule has 0 atom stereocenters. The number of carbonyl (C=O) groups excluding carboxylic acids is 1. The molecule has 1 amide bonds. The summed E-state index contributed by atoms with van der Waals surface area (Å²) in [5, 5.41) is 13.0. The molecule has 11 heteroatoms. The van der Waals surface area contributed by atoms with Crippen molar-refractivity contribution in [3.8, 4) is 16.8 Å². The molecule has 0 spiro atoms. The molecule has 0 aliphatic heterocycles. The molecule has 0 radical (unpaired) electrons. The fourth-order valence-corrected chi connectivity index (χ4v) is 3.63. The fourth-order valence-electron chi connectivity index (χ4n) is 3.16. The van der Waals surface area contributed by atoms with Crippen molar-refractivity contribution < 1.29 is 27.6 Å². The molecule has 4 rings (SSSR count). The molecule has 34 heavy (non-hydrogen) atoms. The summed E-state index contributed by atoms with van der Waals surface area (Å²) < 4.78 is 53.3. The first-order chi connectivity index (χ1) is 17.4. The molecule has 7 nitrogen and oxygen atoms in total. The summed E-state index contributed by atoms with van der Waals surface area (Å²) >= 11 is 12.3. The first-order valence-electron chi connectivity index (χ1n) is 10.9. The van der Waals surface area contributed by atoms with E-state index < -0.39 is 41.9 Å². The minimum absolute atomic E-state index is 0.0938. The van der Waals surface area contributed by atoms with Crippen molar-refractivity contribution in [1.29, 1.82) is 0 Å². The predicted molar refractivity (Wildman–Crippen MR) is 123 cm³/mol. The number of benzene rings is 2. The van der Waals surface area contributed by atoms with Crippen LogP contribution in [0.2, 0.25) is 10.0 Å². The fraction of sp³-hybridized carbons (Fsp3) is 0.0435. The van der Waals surface area contributed by atoms with Gasteiger partial charge in [-0.05, 0) is 36.4 Å². The summed E-state index contributed by atoms with van der Waals surface area (Å²) in [6.45, 7) is -3.20. The first kappa shape index (κ1) is 19.6. The van der Waals surface area contributed by atoms with E-state index in [4.69, 9.17) is 27.3 Å². The summed E-state index contributed by atoms with van der Waals surface area (Å²) in [6, 6.07) is 8.58. The Morgan fingerprint density at radius 3 is 2.56 bits per heavy atom. The first-order valence-corrected chi connectivity index (χ1v) is 10.2. The monoisotopic (exact) mass is 505 g/mol. The van der Waals surface area contributed by atoms with Gasteiger partial charge in [0.15, 0.2) is 11.6 Å². The summed E-state index contributed by atoms with van der Waals surface area (Å²) in [5.41, 5.74) is -0.595. The van der Waals surface area contributed by atoms with E-state index in [1.54, 1.807) is 0 Å². The van der Waals surface area contributed by atoms with Gasteiger partial charge in [0.2, 0.25) is 0 Å². The molecular weight excluding hydrogens is 489 g/mol. The van der Waals surface area contributed by atoms with Crippen LogP contribution < -0.4 is 4.90 Å². The number of anilines is 1. The van der Waals surface area contributed by atoms with Gasteiger partial charge >= 0.3 is 5.97 Å². The van der Waals surface area contributed by atoms with Crippen LogP contribution in [0, 0.1) is 11.6 Å². The van der Waals surface area contributed by atoms with Gasteiger partial charge in [-0.3, -0.25) is 9.69 Å². The minimum Gasteiger partial charge on any atom is -0.478 e. The van der Waals surface area contributed by atoms with Crippen LogP contribution in [0.15, 0.2) is 61.1 Å². The molecule has 4 aromatic rings. The molecule has 172 valence electrons. The van der Waals surface area contributed by atoms with Crippen LogP contribution >= 0.6 is 23.2 Å². The number of pyridine rings is 1. The Morgan fingerprint density at radius 2 is 1.91 bits per heavy atom. The molecule has 2 heterocycles. The SMILES string of the molecule is [2H]C([2H])([2H])N(C(=O)c1c(F)cccc1Cl)c1ncc(-c2cc(C(=O)O)ccc2Cl)cc1-n1cc(F)cn1. The summed E-state index contributed by atoms with van der Waals surface area (Å²) in [5.74, 6) is -4.93. The number of rotatable bonds is 5. The van der Waals surface area contributed by atoms with Crippen LogP contribution in [0.3, 0.4) is 0 Å². The Bertz CT molecular complexity index is 1530. The average molecular weight is 506 g/mol. The molecule has 1 N–H and O–H groups in total. The van der Waals surface area contributed by atoms with Crippen molar-refractivity contribution in [2.24, 2.45) is 0 Å². The summed E-state index contributed by atoms with van der Waals surface area (Å²) in [7, 11) is 0. The molecule has 2 aromatic carbocycles. The van der Waals surface area contributed by atoms with Crippen molar-refractivity contribution in [2.75, 3.05) is 11.9 Å². The van der Waals surface area contributed by atoms with Gasteiger partial charge in [-0.25, -0.2) is 23.2 Å². The van der Waals surface area contributed by atoms with E-state index in [9.17, 15) is 23.5 Å². The Labute approximate surface area is 206 Å². The van der Waals surface area contributed by atoms with Gasteiger partial charge in [-0.1, -0.05) is 29.3 Å². The molecule has 0 aliphatic carbocycles. The third-order valence-electron chi connectivity index (χ3n) is 4.76. The number of aromatic nitrogens is 3. The maximum absolute atomic E-state index is 14.6. The molecule has 0 aliphatic rings. The van der Waals surface area contributed by atoms with Crippen LogP contribution in [0.25, 0.3) is 16.8 Å². The van der Waals surface area contributed by atoms with Crippen LogP contribution in [-0.2, 0) is 0 Å². The number of carboxylic acids is 1. The van der Waals surface area contributed by atoms with Crippen LogP contribution in [0.5, 0.6) is 0 Å². The highest BCUT2D eigenvalue weighted by atomic mass is 35.5. The van der Waals surface area contributed by atoms with Gasteiger partial charge in [0.1, 0.15) is 11.5 Å². The predicted octanol–water partition coefficient (Wildman–Crippen LogP) is 5.49. The van der Waals surface area contributed by atoms with Gasteiger partial charge < -0.3 is 5.11 Å². The lowest BCUT2D eigenvalue weighted by molar-refractivity contribution is 0.0696. The van der Waals surface area contributed by atoms with Gasteiger partial charge in [-0.15, -0.1) is 0 Å². The zero-order chi connectivity index (χ0) is 27.1. The van der Waals surface area contributed by atoms with Crippen molar-refractivity contribution in [3.05, 3.63) is 93.9 Å². The van der Waals surface area contributed by atoms with E-state index in [1.165, 1.54) is 36.4 Å². The normalized spacial score (nSPS) is 12.5. The van der Waals surface area contributed by atoms with Gasteiger partial charge in [-0.2, -0.15) is 5.10 Å². The van der Waals surface area contributed by atoms with E-state index in [1.807, 2.05) is 0 Å².